The van der Waals surface area contributed by atoms with Gasteiger partial charge in [0, 0.05) is 13.1 Å². The molecule has 0 aromatic rings. The number of carbonyl (C=O) groups is 2. The fourth-order valence-electron chi connectivity index (χ4n) is 2.04. The van der Waals surface area contributed by atoms with Crippen molar-refractivity contribution < 1.29 is 19.8 Å². The number of hydrogen-bond acceptors (Lipinski definition) is 3. The van der Waals surface area contributed by atoms with Crippen molar-refractivity contribution in [3.8, 4) is 0 Å². The van der Waals surface area contributed by atoms with E-state index in [1.165, 1.54) is 4.90 Å². The zero-order valence-electron chi connectivity index (χ0n) is 11.1. The van der Waals surface area contributed by atoms with E-state index in [0.717, 1.165) is 0 Å². The van der Waals surface area contributed by atoms with Crippen LogP contribution >= 0.6 is 0 Å². The fourth-order valence-corrected chi connectivity index (χ4v) is 2.04. The minimum absolute atomic E-state index is 0.0375. The third-order valence-corrected chi connectivity index (χ3v) is 3.33. The summed E-state index contributed by atoms with van der Waals surface area (Å²) in [5.74, 6) is -1.53. The average molecular weight is 258 g/mol. The summed E-state index contributed by atoms with van der Waals surface area (Å²) in [5.41, 5.74) is -0.832. The Kier molecular flexibility index (Phi) is 4.56. The van der Waals surface area contributed by atoms with Gasteiger partial charge in [0.1, 0.15) is 0 Å². The first-order valence-electron chi connectivity index (χ1n) is 6.21. The smallest absolute Gasteiger partial charge is 0.317 e. The van der Waals surface area contributed by atoms with Crippen molar-refractivity contribution in [2.75, 3.05) is 19.6 Å². The van der Waals surface area contributed by atoms with E-state index in [4.69, 9.17) is 5.11 Å². The van der Waals surface area contributed by atoms with Gasteiger partial charge < -0.3 is 20.4 Å². The van der Waals surface area contributed by atoms with Crippen LogP contribution in [0.1, 0.15) is 27.2 Å². The van der Waals surface area contributed by atoms with Crippen LogP contribution in [0.25, 0.3) is 0 Å². The van der Waals surface area contributed by atoms with Gasteiger partial charge in [-0.1, -0.05) is 13.8 Å². The number of nitrogens with zero attached hydrogens (tertiary/aromatic N) is 1. The third kappa shape index (κ3) is 3.87. The Labute approximate surface area is 107 Å². The second-order valence-corrected chi connectivity index (χ2v) is 5.54. The number of β-amino-alcohol motifs (C(OH)–C–C–N with tert-alkyl or cyclic N) is 1. The lowest BCUT2D eigenvalue weighted by atomic mass is 9.96. The van der Waals surface area contributed by atoms with Gasteiger partial charge in [-0.25, -0.2) is 4.79 Å². The van der Waals surface area contributed by atoms with Gasteiger partial charge in [0.2, 0.25) is 0 Å². The molecular formula is C12H22N2O4. The molecule has 1 heterocycles. The molecule has 3 N–H and O–H groups in total. The minimum atomic E-state index is -0.904. The number of likely N-dealkylation sites (tertiary alicyclic amines) is 1. The van der Waals surface area contributed by atoms with E-state index in [0.29, 0.717) is 13.0 Å². The van der Waals surface area contributed by atoms with Crippen molar-refractivity contribution in [1.82, 2.24) is 10.2 Å². The number of amides is 2. The van der Waals surface area contributed by atoms with E-state index < -0.39 is 17.5 Å². The fraction of sp³-hybridized carbons (Fsp3) is 0.833. The van der Waals surface area contributed by atoms with E-state index >= 15 is 0 Å². The molecule has 104 valence electrons. The number of hydrogen-bond donors (Lipinski definition) is 3. The Morgan fingerprint density at radius 2 is 2.06 bits per heavy atom. The summed E-state index contributed by atoms with van der Waals surface area (Å²) in [4.78, 5) is 24.3. The molecule has 2 atom stereocenters. The van der Waals surface area contributed by atoms with Crippen molar-refractivity contribution in [2.45, 2.75) is 32.8 Å². The summed E-state index contributed by atoms with van der Waals surface area (Å²) in [5, 5.41) is 21.4. The van der Waals surface area contributed by atoms with Crippen molar-refractivity contribution >= 4 is 12.0 Å². The second kappa shape index (κ2) is 5.56. The zero-order valence-corrected chi connectivity index (χ0v) is 11.1. The molecule has 2 amide bonds. The number of carboxylic acid groups (broad SMARTS) is 1. The van der Waals surface area contributed by atoms with Crippen LogP contribution in [0.15, 0.2) is 0 Å². The lowest BCUT2D eigenvalue weighted by Crippen LogP contribution is -2.44. The van der Waals surface area contributed by atoms with Crippen LogP contribution in [-0.2, 0) is 4.79 Å². The quantitative estimate of drug-likeness (QED) is 0.685. The Bertz CT molecular complexity index is 328. The highest BCUT2D eigenvalue weighted by atomic mass is 16.4. The van der Waals surface area contributed by atoms with E-state index in [2.05, 4.69) is 5.32 Å². The van der Waals surface area contributed by atoms with Gasteiger partial charge in [0.15, 0.2) is 0 Å². The molecule has 6 nitrogen and oxygen atoms in total. The SMILES string of the molecule is CC(C)C(CNC(=O)N1CCC(C)(O)C1)C(=O)O. The summed E-state index contributed by atoms with van der Waals surface area (Å²) < 4.78 is 0. The molecule has 1 aliphatic rings. The molecule has 0 bridgehead atoms. The Morgan fingerprint density at radius 1 is 1.44 bits per heavy atom. The largest absolute Gasteiger partial charge is 0.481 e. The third-order valence-electron chi connectivity index (χ3n) is 3.33. The summed E-state index contributed by atoms with van der Waals surface area (Å²) in [6, 6.07) is -0.306. The molecule has 18 heavy (non-hydrogen) atoms. The zero-order chi connectivity index (χ0) is 13.9. The van der Waals surface area contributed by atoms with Crippen molar-refractivity contribution in [3.05, 3.63) is 0 Å². The van der Waals surface area contributed by atoms with Crippen LogP contribution in [0.4, 0.5) is 4.79 Å². The minimum Gasteiger partial charge on any atom is -0.481 e. The van der Waals surface area contributed by atoms with Crippen LogP contribution in [0.2, 0.25) is 0 Å². The van der Waals surface area contributed by atoms with Crippen LogP contribution in [0.5, 0.6) is 0 Å². The highest BCUT2D eigenvalue weighted by molar-refractivity contribution is 5.76. The number of aliphatic carboxylic acids is 1. The molecule has 1 aliphatic heterocycles. The number of carbonyl (C=O) groups excluding carboxylic acids is 1. The van der Waals surface area contributed by atoms with Gasteiger partial charge >= 0.3 is 12.0 Å². The van der Waals surface area contributed by atoms with Crippen LogP contribution in [0, 0.1) is 11.8 Å². The monoisotopic (exact) mass is 258 g/mol. The molecule has 0 radical (unpaired) electrons. The van der Waals surface area contributed by atoms with Crippen molar-refractivity contribution in [1.29, 1.82) is 0 Å². The van der Waals surface area contributed by atoms with Crippen LogP contribution in [0.3, 0.4) is 0 Å². The topological polar surface area (TPSA) is 89.9 Å². The first kappa shape index (κ1) is 14.8. The number of aliphatic hydroxyl groups is 1. The molecular weight excluding hydrogens is 236 g/mol. The van der Waals surface area contributed by atoms with Gasteiger partial charge in [0.25, 0.3) is 0 Å². The molecule has 0 aromatic heterocycles. The van der Waals surface area contributed by atoms with E-state index in [1.807, 2.05) is 13.8 Å². The molecule has 1 saturated heterocycles. The molecule has 6 heteroatoms. The summed E-state index contributed by atoms with van der Waals surface area (Å²) >= 11 is 0. The predicted octanol–water partition coefficient (Wildman–Crippen LogP) is 0.509. The maximum atomic E-state index is 11.8. The highest BCUT2D eigenvalue weighted by Crippen LogP contribution is 2.20. The maximum absolute atomic E-state index is 11.8. The molecule has 1 rings (SSSR count). The molecule has 2 unspecified atom stereocenters. The molecule has 0 spiro atoms. The normalized spacial score (nSPS) is 25.3. The van der Waals surface area contributed by atoms with E-state index in [9.17, 15) is 14.7 Å². The van der Waals surface area contributed by atoms with Gasteiger partial charge in [-0.3, -0.25) is 4.79 Å². The lowest BCUT2D eigenvalue weighted by molar-refractivity contribution is -0.142. The number of rotatable bonds is 4. The Hall–Kier alpha value is -1.30. The molecule has 1 fully saturated rings. The van der Waals surface area contributed by atoms with Crippen LogP contribution in [-0.4, -0.2) is 52.3 Å². The van der Waals surface area contributed by atoms with E-state index in [-0.39, 0.29) is 25.0 Å². The summed E-state index contributed by atoms with van der Waals surface area (Å²) in [6.45, 7) is 6.21. The Balaban J connectivity index is 2.44. The van der Waals surface area contributed by atoms with Gasteiger partial charge in [-0.05, 0) is 19.3 Å². The van der Waals surface area contributed by atoms with Crippen LogP contribution < -0.4 is 5.32 Å². The molecule has 0 aromatic carbocycles. The standard InChI is InChI=1S/C12H22N2O4/c1-8(2)9(10(15)16)6-13-11(17)14-5-4-12(3,18)7-14/h8-9,18H,4-7H2,1-3H3,(H,13,17)(H,15,16). The first-order chi connectivity index (χ1) is 8.23. The predicted molar refractivity (Wildman–Crippen MR) is 66.2 cm³/mol. The second-order valence-electron chi connectivity index (χ2n) is 5.54. The number of carboxylic acids is 1. The van der Waals surface area contributed by atoms with Gasteiger partial charge in [-0.2, -0.15) is 0 Å². The van der Waals surface area contributed by atoms with Gasteiger partial charge in [0.05, 0.1) is 18.1 Å². The van der Waals surface area contributed by atoms with E-state index in [1.54, 1.807) is 6.92 Å². The lowest BCUT2D eigenvalue weighted by Gasteiger charge is -2.22. The molecule has 0 aliphatic carbocycles. The number of nitrogens with one attached hydrogen (secondary N) is 1. The summed E-state index contributed by atoms with van der Waals surface area (Å²) in [7, 11) is 0. The summed E-state index contributed by atoms with van der Waals surface area (Å²) in [6.07, 6.45) is 0.549. The van der Waals surface area contributed by atoms with Gasteiger partial charge in [-0.15, -0.1) is 0 Å². The number of urea groups is 1. The average Bonchev–Trinajstić information content (AvgIpc) is 2.57. The van der Waals surface area contributed by atoms with Crippen molar-refractivity contribution in [3.63, 3.8) is 0 Å². The maximum Gasteiger partial charge on any atom is 0.317 e. The Morgan fingerprint density at radius 3 is 2.44 bits per heavy atom. The van der Waals surface area contributed by atoms with Crippen molar-refractivity contribution in [2.24, 2.45) is 11.8 Å². The molecule has 0 saturated carbocycles. The highest BCUT2D eigenvalue weighted by Gasteiger charge is 2.34. The first-order valence-corrected chi connectivity index (χ1v) is 6.21.